The Labute approximate surface area is 138 Å². The number of hydrogen-bond acceptors (Lipinski definition) is 6. The van der Waals surface area contributed by atoms with Gasteiger partial charge in [-0.15, -0.1) is 0 Å². The van der Waals surface area contributed by atoms with Crippen LogP contribution in [0.5, 0.6) is 0 Å². The van der Waals surface area contributed by atoms with Crippen molar-refractivity contribution < 1.29 is 0 Å². The number of hydrogen-bond donors (Lipinski definition) is 3. The number of rotatable bonds is 3. The molecule has 6 heteroatoms. The van der Waals surface area contributed by atoms with Gasteiger partial charge in [-0.1, -0.05) is 42.5 Å². The average Bonchev–Trinajstić information content (AvgIpc) is 2.60. The summed E-state index contributed by atoms with van der Waals surface area (Å²) in [6.45, 7) is 0.685. The van der Waals surface area contributed by atoms with Crippen molar-refractivity contribution >= 4 is 39.3 Å². The number of pyridine rings is 1. The third-order valence-corrected chi connectivity index (χ3v) is 3.96. The van der Waals surface area contributed by atoms with E-state index < -0.39 is 0 Å². The van der Waals surface area contributed by atoms with Crippen molar-refractivity contribution in [2.75, 3.05) is 16.8 Å². The summed E-state index contributed by atoms with van der Waals surface area (Å²) in [6.07, 6.45) is 1.72. The van der Waals surface area contributed by atoms with Crippen LogP contribution < -0.4 is 16.8 Å². The van der Waals surface area contributed by atoms with Crippen molar-refractivity contribution in [1.82, 2.24) is 15.0 Å². The normalized spacial score (nSPS) is 11.0. The first kappa shape index (κ1) is 14.2. The highest BCUT2D eigenvalue weighted by molar-refractivity contribution is 5.89. The van der Waals surface area contributed by atoms with Gasteiger partial charge in [0.15, 0.2) is 5.65 Å². The molecule has 24 heavy (non-hydrogen) atoms. The van der Waals surface area contributed by atoms with Gasteiger partial charge in [0.05, 0.1) is 17.3 Å². The Kier molecular flexibility index (Phi) is 3.35. The van der Waals surface area contributed by atoms with Crippen molar-refractivity contribution in [2.45, 2.75) is 6.54 Å². The lowest BCUT2D eigenvalue weighted by molar-refractivity contribution is 1.15. The topological polar surface area (TPSA) is 103 Å². The van der Waals surface area contributed by atoms with Gasteiger partial charge >= 0.3 is 0 Å². The highest BCUT2D eigenvalue weighted by Gasteiger charge is 2.06. The molecule has 0 unspecified atom stereocenters. The van der Waals surface area contributed by atoms with Crippen LogP contribution in [-0.4, -0.2) is 15.0 Å². The largest absolute Gasteiger partial charge is 0.383 e. The molecule has 4 aromatic rings. The van der Waals surface area contributed by atoms with Crippen molar-refractivity contribution in [2.24, 2.45) is 0 Å². The van der Waals surface area contributed by atoms with Gasteiger partial charge < -0.3 is 16.8 Å². The van der Waals surface area contributed by atoms with Crippen molar-refractivity contribution in [1.29, 1.82) is 0 Å². The Morgan fingerprint density at radius 3 is 2.67 bits per heavy atom. The summed E-state index contributed by atoms with van der Waals surface area (Å²) >= 11 is 0. The highest BCUT2D eigenvalue weighted by atomic mass is 15.1. The molecular weight excluding hydrogens is 300 g/mol. The maximum atomic E-state index is 5.91. The van der Waals surface area contributed by atoms with E-state index in [0.29, 0.717) is 23.4 Å². The zero-order valence-corrected chi connectivity index (χ0v) is 12.9. The zero-order valence-electron chi connectivity index (χ0n) is 12.9. The molecule has 4 rings (SSSR count). The molecule has 6 nitrogen and oxygen atoms in total. The van der Waals surface area contributed by atoms with Crippen LogP contribution in [0.2, 0.25) is 0 Å². The van der Waals surface area contributed by atoms with E-state index in [1.165, 1.54) is 16.3 Å². The van der Waals surface area contributed by atoms with Crippen LogP contribution in [0.25, 0.3) is 21.8 Å². The lowest BCUT2D eigenvalue weighted by Crippen LogP contribution is -2.04. The Balaban J connectivity index is 1.65. The third-order valence-electron chi connectivity index (χ3n) is 3.96. The molecule has 0 aliphatic carbocycles. The summed E-state index contributed by atoms with van der Waals surface area (Å²) < 4.78 is 0. The van der Waals surface area contributed by atoms with Crippen LogP contribution in [0.15, 0.2) is 54.7 Å². The molecule has 0 spiro atoms. The molecule has 0 atom stereocenters. The number of aromatic nitrogens is 3. The molecule has 0 fully saturated rings. The van der Waals surface area contributed by atoms with E-state index >= 15 is 0 Å². The molecule has 0 bridgehead atoms. The summed E-state index contributed by atoms with van der Waals surface area (Å²) in [4.78, 5) is 12.4. The second kappa shape index (κ2) is 5.66. The summed E-state index contributed by atoms with van der Waals surface area (Å²) in [6, 6.07) is 16.5. The fourth-order valence-corrected chi connectivity index (χ4v) is 2.79. The van der Waals surface area contributed by atoms with Crippen LogP contribution in [0.3, 0.4) is 0 Å². The second-order valence-corrected chi connectivity index (χ2v) is 5.55. The molecule has 0 saturated heterocycles. The van der Waals surface area contributed by atoms with Crippen LogP contribution in [0, 0.1) is 0 Å². The predicted octanol–water partition coefficient (Wildman–Crippen LogP) is 2.95. The van der Waals surface area contributed by atoms with E-state index in [4.69, 9.17) is 11.5 Å². The van der Waals surface area contributed by atoms with Gasteiger partial charge in [0, 0.05) is 6.54 Å². The first-order chi connectivity index (χ1) is 11.7. The molecule has 118 valence electrons. The molecule has 2 aromatic carbocycles. The van der Waals surface area contributed by atoms with E-state index in [-0.39, 0.29) is 5.95 Å². The van der Waals surface area contributed by atoms with Crippen LogP contribution >= 0.6 is 0 Å². The van der Waals surface area contributed by atoms with Crippen molar-refractivity contribution in [3.05, 3.63) is 60.3 Å². The smallest absolute Gasteiger partial charge is 0.224 e. The molecule has 2 heterocycles. The summed E-state index contributed by atoms with van der Waals surface area (Å²) in [5, 5.41) is 6.53. The fraction of sp³-hybridized carbons (Fsp3) is 0.0556. The van der Waals surface area contributed by atoms with Crippen LogP contribution in [0.1, 0.15) is 5.56 Å². The van der Waals surface area contributed by atoms with E-state index in [1.54, 1.807) is 6.20 Å². The lowest BCUT2D eigenvalue weighted by atomic mass is 10.0. The highest BCUT2D eigenvalue weighted by Crippen LogP contribution is 2.23. The van der Waals surface area contributed by atoms with Gasteiger partial charge in [0.25, 0.3) is 0 Å². The first-order valence-corrected chi connectivity index (χ1v) is 7.60. The van der Waals surface area contributed by atoms with Crippen molar-refractivity contribution in [3.8, 4) is 0 Å². The molecule has 2 aromatic heterocycles. The van der Waals surface area contributed by atoms with Crippen molar-refractivity contribution in [3.63, 3.8) is 0 Å². The third kappa shape index (κ3) is 2.54. The number of nitrogens with two attached hydrogens (primary N) is 2. The standard InChI is InChI=1S/C18H16N6/c19-16-15-8-13(10-22-17(15)24-18(20)23-16)21-9-12-6-3-5-11-4-1-2-7-14(11)12/h1-8,10,21H,9H2,(H4,19,20,22,23,24). The van der Waals surface area contributed by atoms with Crippen LogP contribution in [-0.2, 0) is 6.54 Å². The molecule has 5 N–H and O–H groups in total. The number of anilines is 3. The number of nitrogen functional groups attached to an aromatic ring is 2. The van der Waals surface area contributed by atoms with E-state index in [1.807, 2.05) is 18.2 Å². The lowest BCUT2D eigenvalue weighted by Gasteiger charge is -2.10. The van der Waals surface area contributed by atoms with E-state index in [0.717, 1.165) is 5.69 Å². The monoisotopic (exact) mass is 316 g/mol. The first-order valence-electron chi connectivity index (χ1n) is 7.60. The maximum Gasteiger partial charge on any atom is 0.224 e. The second-order valence-electron chi connectivity index (χ2n) is 5.55. The molecule has 0 amide bonds. The van der Waals surface area contributed by atoms with Gasteiger partial charge in [-0.05, 0) is 22.4 Å². The van der Waals surface area contributed by atoms with Gasteiger partial charge in [0.2, 0.25) is 5.95 Å². The van der Waals surface area contributed by atoms with Gasteiger partial charge in [-0.25, -0.2) is 4.98 Å². The van der Waals surface area contributed by atoms with E-state index in [9.17, 15) is 0 Å². The Morgan fingerprint density at radius 1 is 0.917 bits per heavy atom. The molecular formula is C18H16N6. The summed E-state index contributed by atoms with van der Waals surface area (Å²) in [7, 11) is 0. The molecule has 0 saturated carbocycles. The number of nitrogens with zero attached hydrogens (tertiary/aromatic N) is 3. The van der Waals surface area contributed by atoms with Crippen LogP contribution in [0.4, 0.5) is 17.5 Å². The quantitative estimate of drug-likeness (QED) is 0.537. The minimum Gasteiger partial charge on any atom is -0.383 e. The zero-order chi connectivity index (χ0) is 16.5. The molecule has 0 aliphatic heterocycles. The molecule has 0 radical (unpaired) electrons. The van der Waals surface area contributed by atoms with E-state index in [2.05, 4.69) is 50.6 Å². The van der Waals surface area contributed by atoms with Gasteiger partial charge in [-0.2, -0.15) is 9.97 Å². The van der Waals surface area contributed by atoms with Gasteiger partial charge in [0.1, 0.15) is 5.82 Å². The molecule has 0 aliphatic rings. The Bertz CT molecular complexity index is 1040. The predicted molar refractivity (Wildman–Crippen MR) is 97.4 cm³/mol. The Morgan fingerprint density at radius 2 is 1.75 bits per heavy atom. The summed E-state index contributed by atoms with van der Waals surface area (Å²) in [5.41, 5.74) is 14.1. The SMILES string of the molecule is Nc1nc(N)c2cc(NCc3cccc4ccccc34)cnc2n1. The minimum absolute atomic E-state index is 0.129. The number of fused-ring (bicyclic) bond motifs is 2. The number of nitrogens with one attached hydrogen (secondary N) is 1. The number of benzene rings is 2. The maximum absolute atomic E-state index is 5.91. The Hall–Kier alpha value is -3.41. The van der Waals surface area contributed by atoms with Gasteiger partial charge in [-0.3, -0.25) is 0 Å². The fourth-order valence-electron chi connectivity index (χ4n) is 2.79. The minimum atomic E-state index is 0.129. The average molecular weight is 316 g/mol. The summed E-state index contributed by atoms with van der Waals surface area (Å²) in [5.74, 6) is 0.461.